The summed E-state index contributed by atoms with van der Waals surface area (Å²) in [6, 6.07) is 51.5. The lowest BCUT2D eigenvalue weighted by Gasteiger charge is -2.18. The molecule has 7 aromatic carbocycles. The number of rotatable bonds is 4. The first-order valence-corrected chi connectivity index (χ1v) is 15.1. The molecule has 2 aromatic heterocycles. The Labute approximate surface area is 259 Å². The molecule has 0 unspecified atom stereocenters. The molecule has 0 aliphatic heterocycles. The van der Waals surface area contributed by atoms with Gasteiger partial charge in [0.15, 0.2) is 0 Å². The standard InChI is InChI=1S/C41H26N4/c1-2-14-30-27(11-1)12-9-20-32(30)41-35-18-5-3-16-33(35)40(34-17-4-6-19-36(34)41)28-22-23-37-38(25-28)44-45(43-37)39-21-8-7-15-31(39)29-13-10-24-42-26-29/h1-26H. The minimum Gasteiger partial charge on any atom is -0.264 e. The van der Waals surface area contributed by atoms with Gasteiger partial charge in [0.05, 0.1) is 5.69 Å². The van der Waals surface area contributed by atoms with Crippen LogP contribution in [-0.4, -0.2) is 20.0 Å². The Balaban J connectivity index is 1.27. The number of nitrogens with zero attached hydrogens (tertiary/aromatic N) is 4. The van der Waals surface area contributed by atoms with Gasteiger partial charge < -0.3 is 0 Å². The molecule has 9 aromatic rings. The Morgan fingerprint density at radius 3 is 1.80 bits per heavy atom. The van der Waals surface area contributed by atoms with Crippen LogP contribution >= 0.6 is 0 Å². The van der Waals surface area contributed by atoms with Crippen LogP contribution in [-0.2, 0) is 0 Å². The van der Waals surface area contributed by atoms with Crippen LogP contribution in [0, 0.1) is 0 Å². The average Bonchev–Trinajstić information content (AvgIpc) is 3.54. The van der Waals surface area contributed by atoms with E-state index in [9.17, 15) is 0 Å². The molecule has 2 heterocycles. The van der Waals surface area contributed by atoms with Gasteiger partial charge >= 0.3 is 0 Å². The molecule has 0 fully saturated rings. The fourth-order valence-electron chi connectivity index (χ4n) is 6.77. The number of aromatic nitrogens is 4. The highest BCUT2D eigenvalue weighted by molar-refractivity contribution is 6.23. The lowest BCUT2D eigenvalue weighted by molar-refractivity contribution is 0.767. The molecule has 4 nitrogen and oxygen atoms in total. The highest BCUT2D eigenvalue weighted by Gasteiger charge is 2.19. The molecular weight excluding hydrogens is 548 g/mol. The van der Waals surface area contributed by atoms with E-state index in [0.717, 1.165) is 33.4 Å². The first kappa shape index (κ1) is 25.4. The van der Waals surface area contributed by atoms with Crippen molar-refractivity contribution >= 4 is 43.4 Å². The summed E-state index contributed by atoms with van der Waals surface area (Å²) < 4.78 is 0. The van der Waals surface area contributed by atoms with E-state index >= 15 is 0 Å². The summed E-state index contributed by atoms with van der Waals surface area (Å²) in [6.45, 7) is 0. The largest absolute Gasteiger partial charge is 0.264 e. The van der Waals surface area contributed by atoms with Gasteiger partial charge in [0, 0.05) is 23.5 Å². The maximum Gasteiger partial charge on any atom is 0.114 e. The maximum absolute atomic E-state index is 5.00. The summed E-state index contributed by atoms with van der Waals surface area (Å²) in [6.07, 6.45) is 3.66. The summed E-state index contributed by atoms with van der Waals surface area (Å²) in [7, 11) is 0. The number of hydrogen-bond donors (Lipinski definition) is 0. The van der Waals surface area contributed by atoms with Gasteiger partial charge in [-0.15, -0.1) is 15.0 Å². The molecule has 0 bridgehead atoms. The molecule has 0 N–H and O–H groups in total. The normalized spacial score (nSPS) is 11.6. The topological polar surface area (TPSA) is 43.6 Å². The quantitative estimate of drug-likeness (QED) is 0.196. The third kappa shape index (κ3) is 4.11. The second kappa shape index (κ2) is 10.2. The van der Waals surface area contributed by atoms with Crippen molar-refractivity contribution in [2.24, 2.45) is 0 Å². The van der Waals surface area contributed by atoms with E-state index < -0.39 is 0 Å². The Kier molecular flexibility index (Phi) is 5.78. The van der Waals surface area contributed by atoms with Gasteiger partial charge in [-0.3, -0.25) is 4.98 Å². The van der Waals surface area contributed by atoms with Crippen molar-refractivity contribution in [3.05, 3.63) is 158 Å². The zero-order valence-electron chi connectivity index (χ0n) is 24.3. The van der Waals surface area contributed by atoms with Crippen LogP contribution in [0.15, 0.2) is 158 Å². The smallest absolute Gasteiger partial charge is 0.114 e. The minimum absolute atomic E-state index is 0.847. The first-order chi connectivity index (χ1) is 22.3. The van der Waals surface area contributed by atoms with E-state index in [4.69, 9.17) is 10.2 Å². The zero-order chi connectivity index (χ0) is 29.7. The van der Waals surface area contributed by atoms with E-state index in [0.29, 0.717) is 0 Å². The highest BCUT2D eigenvalue weighted by atomic mass is 15.5. The van der Waals surface area contributed by atoms with Crippen LogP contribution < -0.4 is 0 Å². The number of para-hydroxylation sites is 1. The van der Waals surface area contributed by atoms with Crippen molar-refractivity contribution in [2.45, 2.75) is 0 Å². The molecule has 0 saturated heterocycles. The second-order valence-electron chi connectivity index (χ2n) is 11.3. The summed E-state index contributed by atoms with van der Waals surface area (Å²) in [4.78, 5) is 6.07. The summed E-state index contributed by atoms with van der Waals surface area (Å²) in [5.41, 5.74) is 9.51. The third-order valence-electron chi connectivity index (χ3n) is 8.75. The second-order valence-corrected chi connectivity index (χ2v) is 11.3. The molecule has 0 amide bonds. The number of hydrogen-bond acceptors (Lipinski definition) is 3. The molecule has 0 radical (unpaired) electrons. The number of benzene rings is 7. The van der Waals surface area contributed by atoms with Crippen molar-refractivity contribution in [1.29, 1.82) is 0 Å². The molecule has 210 valence electrons. The zero-order valence-corrected chi connectivity index (χ0v) is 24.3. The number of fused-ring (bicyclic) bond motifs is 4. The Morgan fingerprint density at radius 2 is 1.04 bits per heavy atom. The predicted molar refractivity (Wildman–Crippen MR) is 185 cm³/mol. The van der Waals surface area contributed by atoms with Crippen LogP contribution in [0.25, 0.3) is 82.4 Å². The number of pyridine rings is 1. The van der Waals surface area contributed by atoms with Gasteiger partial charge in [0.25, 0.3) is 0 Å². The maximum atomic E-state index is 5.00. The van der Waals surface area contributed by atoms with Crippen LogP contribution in [0.2, 0.25) is 0 Å². The molecule has 0 saturated carbocycles. The lowest BCUT2D eigenvalue weighted by atomic mass is 9.85. The molecule has 0 aliphatic rings. The van der Waals surface area contributed by atoms with Crippen LogP contribution in [0.5, 0.6) is 0 Å². The van der Waals surface area contributed by atoms with E-state index in [2.05, 4.69) is 132 Å². The fourth-order valence-corrected chi connectivity index (χ4v) is 6.77. The van der Waals surface area contributed by atoms with Gasteiger partial charge in [-0.2, -0.15) is 0 Å². The summed E-state index contributed by atoms with van der Waals surface area (Å²) in [5, 5.41) is 17.3. The van der Waals surface area contributed by atoms with Gasteiger partial charge in [0.1, 0.15) is 11.0 Å². The van der Waals surface area contributed by atoms with Crippen LogP contribution in [0.4, 0.5) is 0 Å². The molecule has 45 heavy (non-hydrogen) atoms. The van der Waals surface area contributed by atoms with Crippen LogP contribution in [0.1, 0.15) is 0 Å². The predicted octanol–water partition coefficient (Wildman–Crippen LogP) is 10.3. The van der Waals surface area contributed by atoms with Crippen molar-refractivity contribution in [3.63, 3.8) is 0 Å². The van der Waals surface area contributed by atoms with Crippen molar-refractivity contribution in [2.75, 3.05) is 0 Å². The van der Waals surface area contributed by atoms with Crippen molar-refractivity contribution in [1.82, 2.24) is 20.0 Å². The van der Waals surface area contributed by atoms with E-state index in [1.54, 1.807) is 11.0 Å². The summed E-state index contributed by atoms with van der Waals surface area (Å²) in [5.74, 6) is 0. The van der Waals surface area contributed by atoms with E-state index in [1.807, 2.05) is 24.4 Å². The molecular formula is C41H26N4. The van der Waals surface area contributed by atoms with Gasteiger partial charge in [-0.25, -0.2) is 0 Å². The Morgan fingerprint density at radius 1 is 0.422 bits per heavy atom. The molecule has 0 atom stereocenters. The summed E-state index contributed by atoms with van der Waals surface area (Å²) >= 11 is 0. The van der Waals surface area contributed by atoms with E-state index in [1.165, 1.54) is 49.0 Å². The van der Waals surface area contributed by atoms with Crippen molar-refractivity contribution < 1.29 is 0 Å². The minimum atomic E-state index is 0.847. The Bertz CT molecular complexity index is 2480. The lowest BCUT2D eigenvalue weighted by Crippen LogP contribution is -2.00. The van der Waals surface area contributed by atoms with Gasteiger partial charge in [0.2, 0.25) is 0 Å². The van der Waals surface area contributed by atoms with Crippen LogP contribution in [0.3, 0.4) is 0 Å². The molecule has 9 rings (SSSR count). The fraction of sp³-hybridized carbons (Fsp3) is 0. The SMILES string of the molecule is c1cncc(-c2ccccc2-n2nc3ccc(-c4c5ccccc5c(-c5cccc6ccccc56)c5ccccc45)cc3n2)c1. The monoisotopic (exact) mass is 574 g/mol. The molecule has 0 aliphatic carbocycles. The molecule has 4 heteroatoms. The highest BCUT2D eigenvalue weighted by Crippen LogP contribution is 2.45. The van der Waals surface area contributed by atoms with Gasteiger partial charge in [-0.05, 0) is 78.8 Å². The first-order valence-electron chi connectivity index (χ1n) is 15.1. The third-order valence-corrected chi connectivity index (χ3v) is 8.75. The van der Waals surface area contributed by atoms with Gasteiger partial charge in [-0.1, -0.05) is 121 Å². The van der Waals surface area contributed by atoms with E-state index in [-0.39, 0.29) is 0 Å². The van der Waals surface area contributed by atoms with Crippen molar-refractivity contribution in [3.8, 4) is 39.1 Å². The average molecular weight is 575 g/mol. The Hall–Kier alpha value is -6.13. The molecule has 0 spiro atoms.